The van der Waals surface area contributed by atoms with Gasteiger partial charge in [0.05, 0.1) is 31.5 Å². The maximum Gasteiger partial charge on any atom is 0.287 e. The normalized spacial score (nSPS) is 20.9. The summed E-state index contributed by atoms with van der Waals surface area (Å²) in [5, 5.41) is 15.8. The van der Waals surface area contributed by atoms with Crippen LogP contribution in [-0.4, -0.2) is 61.5 Å². The topological polar surface area (TPSA) is 84.2 Å². The van der Waals surface area contributed by atoms with E-state index in [1.54, 1.807) is 6.07 Å². The van der Waals surface area contributed by atoms with Crippen LogP contribution < -0.4 is 5.32 Å². The van der Waals surface area contributed by atoms with E-state index in [9.17, 15) is 9.90 Å². The molecular formula is C26H29ClN2O5. The van der Waals surface area contributed by atoms with Crippen molar-refractivity contribution in [3.05, 3.63) is 70.4 Å². The summed E-state index contributed by atoms with van der Waals surface area (Å²) in [6.45, 7) is 4.39. The fraction of sp³-hybridized carbons (Fsp3) is 0.423. The number of rotatable bonds is 6. The SMILES string of the molecule is O=C(NC[C@@H]1COCCO1)c1cc2cc(C3(O)CCN(Cc4ccc(Cl)cc4)CC3)ccc2o1. The summed E-state index contributed by atoms with van der Waals surface area (Å²) in [6, 6.07) is 15.3. The lowest BCUT2D eigenvalue weighted by molar-refractivity contribution is -0.0856. The molecule has 0 saturated carbocycles. The Balaban J connectivity index is 1.21. The standard InChI is InChI=1S/C26H29ClN2O5/c27-21-4-1-18(2-5-21)16-29-9-7-26(31,8-10-29)20-3-6-23-19(13-20)14-24(34-23)25(30)28-15-22-17-32-11-12-33-22/h1-6,13-14,22,31H,7-12,15-17H2,(H,28,30)/t22-/m1/s1. The Hall–Kier alpha value is -2.42. The number of halogens is 1. The van der Waals surface area contributed by atoms with E-state index in [0.29, 0.717) is 44.8 Å². The number of nitrogens with one attached hydrogen (secondary N) is 1. The third kappa shape index (κ3) is 5.29. The van der Waals surface area contributed by atoms with Crippen LogP contribution in [0.25, 0.3) is 11.0 Å². The Labute approximate surface area is 203 Å². The van der Waals surface area contributed by atoms with Gasteiger partial charge in [0.25, 0.3) is 5.91 Å². The second-order valence-electron chi connectivity index (χ2n) is 9.08. The van der Waals surface area contributed by atoms with Crippen molar-refractivity contribution in [1.82, 2.24) is 10.2 Å². The summed E-state index contributed by atoms with van der Waals surface area (Å²) in [5.74, 6) is -0.0465. The molecule has 34 heavy (non-hydrogen) atoms. The van der Waals surface area contributed by atoms with E-state index >= 15 is 0 Å². The summed E-state index contributed by atoms with van der Waals surface area (Å²) in [4.78, 5) is 14.9. The molecule has 1 amide bonds. The summed E-state index contributed by atoms with van der Waals surface area (Å²) in [7, 11) is 0. The Morgan fingerprint density at radius 1 is 1.12 bits per heavy atom. The molecule has 2 aromatic carbocycles. The van der Waals surface area contributed by atoms with Crippen LogP contribution in [0.4, 0.5) is 0 Å². The van der Waals surface area contributed by atoms with Gasteiger partial charge < -0.3 is 24.3 Å². The average Bonchev–Trinajstić information content (AvgIpc) is 3.30. The number of amides is 1. The van der Waals surface area contributed by atoms with Crippen LogP contribution in [0.15, 0.2) is 52.9 Å². The summed E-state index contributed by atoms with van der Waals surface area (Å²) in [6.07, 6.45) is 1.13. The molecule has 1 aromatic heterocycles. The Kier molecular flexibility index (Phi) is 6.90. The summed E-state index contributed by atoms with van der Waals surface area (Å²) in [5.41, 5.74) is 1.78. The molecule has 2 saturated heterocycles. The minimum Gasteiger partial charge on any atom is -0.451 e. The predicted molar refractivity (Wildman–Crippen MR) is 129 cm³/mol. The second-order valence-corrected chi connectivity index (χ2v) is 9.51. The zero-order chi connectivity index (χ0) is 23.5. The molecule has 0 unspecified atom stereocenters. The van der Waals surface area contributed by atoms with Crippen molar-refractivity contribution >= 4 is 28.5 Å². The highest BCUT2D eigenvalue weighted by Crippen LogP contribution is 2.35. The molecule has 0 radical (unpaired) electrons. The fourth-order valence-electron chi connectivity index (χ4n) is 4.61. The molecule has 5 rings (SSSR count). The van der Waals surface area contributed by atoms with Crippen molar-refractivity contribution in [2.75, 3.05) is 39.5 Å². The van der Waals surface area contributed by atoms with Gasteiger partial charge in [0.15, 0.2) is 5.76 Å². The molecule has 2 fully saturated rings. The van der Waals surface area contributed by atoms with Crippen LogP contribution in [-0.2, 0) is 21.6 Å². The van der Waals surface area contributed by atoms with Crippen LogP contribution in [0.3, 0.4) is 0 Å². The van der Waals surface area contributed by atoms with E-state index in [1.807, 2.05) is 42.5 Å². The number of nitrogens with zero attached hydrogens (tertiary/aromatic N) is 1. The number of ether oxygens (including phenoxy) is 2. The van der Waals surface area contributed by atoms with Gasteiger partial charge in [-0.05, 0) is 54.3 Å². The van der Waals surface area contributed by atoms with Crippen LogP contribution >= 0.6 is 11.6 Å². The monoisotopic (exact) mass is 484 g/mol. The van der Waals surface area contributed by atoms with E-state index in [-0.39, 0.29) is 17.8 Å². The van der Waals surface area contributed by atoms with Gasteiger partial charge in [0, 0.05) is 36.6 Å². The maximum absolute atomic E-state index is 12.5. The Bertz CT molecular complexity index is 1130. The molecule has 3 aromatic rings. The number of aliphatic hydroxyl groups is 1. The van der Waals surface area contributed by atoms with E-state index in [1.165, 1.54) is 5.56 Å². The van der Waals surface area contributed by atoms with Crippen LogP contribution in [0.2, 0.25) is 5.02 Å². The minimum absolute atomic E-state index is 0.145. The molecule has 3 heterocycles. The zero-order valence-electron chi connectivity index (χ0n) is 19.0. The number of hydrogen-bond acceptors (Lipinski definition) is 6. The van der Waals surface area contributed by atoms with Crippen molar-refractivity contribution in [1.29, 1.82) is 0 Å². The van der Waals surface area contributed by atoms with Crippen LogP contribution in [0, 0.1) is 0 Å². The van der Waals surface area contributed by atoms with Gasteiger partial charge in [-0.25, -0.2) is 0 Å². The van der Waals surface area contributed by atoms with Crippen molar-refractivity contribution < 1.29 is 23.8 Å². The van der Waals surface area contributed by atoms with Crippen molar-refractivity contribution in [2.24, 2.45) is 0 Å². The molecule has 8 heteroatoms. The van der Waals surface area contributed by atoms with E-state index < -0.39 is 5.60 Å². The Morgan fingerprint density at radius 3 is 2.65 bits per heavy atom. The quantitative estimate of drug-likeness (QED) is 0.555. The lowest BCUT2D eigenvalue weighted by Crippen LogP contribution is -2.42. The van der Waals surface area contributed by atoms with Gasteiger partial charge in [-0.15, -0.1) is 0 Å². The van der Waals surface area contributed by atoms with Crippen LogP contribution in [0.5, 0.6) is 0 Å². The van der Waals surface area contributed by atoms with E-state index in [2.05, 4.69) is 10.2 Å². The number of carbonyl (C=O) groups excluding carboxylic acids is 1. The smallest absolute Gasteiger partial charge is 0.287 e. The molecule has 7 nitrogen and oxygen atoms in total. The van der Waals surface area contributed by atoms with Gasteiger partial charge in [0.2, 0.25) is 0 Å². The fourth-order valence-corrected chi connectivity index (χ4v) is 4.74. The number of carbonyl (C=O) groups is 1. The maximum atomic E-state index is 12.5. The first kappa shape index (κ1) is 23.3. The highest BCUT2D eigenvalue weighted by molar-refractivity contribution is 6.30. The lowest BCUT2D eigenvalue weighted by Gasteiger charge is -2.38. The number of hydrogen-bond donors (Lipinski definition) is 2. The molecule has 2 N–H and O–H groups in total. The van der Waals surface area contributed by atoms with Gasteiger partial charge in [-0.3, -0.25) is 9.69 Å². The number of likely N-dealkylation sites (tertiary alicyclic amines) is 1. The lowest BCUT2D eigenvalue weighted by atomic mass is 9.84. The molecular weight excluding hydrogens is 456 g/mol. The Morgan fingerprint density at radius 2 is 1.91 bits per heavy atom. The molecule has 0 spiro atoms. The van der Waals surface area contributed by atoms with E-state index in [4.69, 9.17) is 25.5 Å². The zero-order valence-corrected chi connectivity index (χ0v) is 19.7. The highest BCUT2D eigenvalue weighted by Gasteiger charge is 2.34. The number of piperidine rings is 1. The minimum atomic E-state index is -0.900. The first-order valence-electron chi connectivity index (χ1n) is 11.7. The van der Waals surface area contributed by atoms with Crippen molar-refractivity contribution in [3.8, 4) is 0 Å². The number of fused-ring (bicyclic) bond motifs is 1. The second kappa shape index (κ2) is 10.1. The molecule has 2 aliphatic heterocycles. The summed E-state index contributed by atoms with van der Waals surface area (Å²) >= 11 is 5.98. The van der Waals surface area contributed by atoms with E-state index in [0.717, 1.165) is 35.6 Å². The van der Waals surface area contributed by atoms with Gasteiger partial charge >= 0.3 is 0 Å². The van der Waals surface area contributed by atoms with Crippen molar-refractivity contribution in [2.45, 2.75) is 31.1 Å². The first-order chi connectivity index (χ1) is 16.5. The van der Waals surface area contributed by atoms with Gasteiger partial charge in [-0.1, -0.05) is 29.8 Å². The largest absolute Gasteiger partial charge is 0.451 e. The molecule has 1 atom stereocenters. The summed E-state index contributed by atoms with van der Waals surface area (Å²) < 4.78 is 16.7. The van der Waals surface area contributed by atoms with Crippen LogP contribution in [0.1, 0.15) is 34.5 Å². The predicted octanol–water partition coefficient (Wildman–Crippen LogP) is 3.72. The molecule has 0 bridgehead atoms. The third-order valence-electron chi connectivity index (χ3n) is 6.66. The molecule has 2 aliphatic rings. The third-order valence-corrected chi connectivity index (χ3v) is 6.91. The molecule has 180 valence electrons. The van der Waals surface area contributed by atoms with Crippen molar-refractivity contribution in [3.63, 3.8) is 0 Å². The first-order valence-corrected chi connectivity index (χ1v) is 12.1. The van der Waals surface area contributed by atoms with Gasteiger partial charge in [0.1, 0.15) is 5.58 Å². The number of benzene rings is 2. The molecule has 0 aliphatic carbocycles. The number of furan rings is 1. The van der Waals surface area contributed by atoms with Gasteiger partial charge in [-0.2, -0.15) is 0 Å². The average molecular weight is 485 g/mol. The highest BCUT2D eigenvalue weighted by atomic mass is 35.5.